The van der Waals surface area contributed by atoms with Gasteiger partial charge >= 0.3 is 0 Å². The maximum Gasteiger partial charge on any atom is 0.255 e. The topological polar surface area (TPSA) is 83.6 Å². The predicted octanol–water partition coefficient (Wildman–Crippen LogP) is 3.20. The number of rotatable bonds is 6. The molecule has 0 fully saturated rings. The first-order valence-electron chi connectivity index (χ1n) is 8.70. The van der Waals surface area contributed by atoms with Gasteiger partial charge in [0.1, 0.15) is 0 Å². The van der Waals surface area contributed by atoms with Crippen molar-refractivity contribution in [3.05, 3.63) is 65.1 Å². The molecule has 1 N–H and O–H groups in total. The monoisotopic (exact) mass is 406 g/mol. The Morgan fingerprint density at radius 3 is 2.52 bits per heavy atom. The molecular formula is C19H22N2O4S2. The van der Waals surface area contributed by atoms with Gasteiger partial charge in [0.2, 0.25) is 10.0 Å². The van der Waals surface area contributed by atoms with Crippen molar-refractivity contribution in [1.29, 1.82) is 0 Å². The minimum atomic E-state index is -3.67. The lowest BCUT2D eigenvalue weighted by Gasteiger charge is -2.30. The minimum Gasteiger partial charge on any atom is -0.280 e. The first-order valence-corrected chi connectivity index (χ1v) is 11.9. The molecule has 0 unspecified atom stereocenters. The summed E-state index contributed by atoms with van der Waals surface area (Å²) in [5.41, 5.74) is 2.66. The number of sulfonamides is 2. The molecule has 0 radical (unpaired) electrons. The van der Waals surface area contributed by atoms with Gasteiger partial charge < -0.3 is 0 Å². The van der Waals surface area contributed by atoms with Crippen LogP contribution < -0.4 is 9.03 Å². The molecule has 2 aromatic rings. The van der Waals surface area contributed by atoms with E-state index >= 15 is 0 Å². The third-order valence-corrected chi connectivity index (χ3v) is 7.15. The van der Waals surface area contributed by atoms with Gasteiger partial charge in [0.15, 0.2) is 0 Å². The molecule has 0 aromatic heterocycles. The minimum absolute atomic E-state index is 0.0328. The van der Waals surface area contributed by atoms with E-state index in [1.165, 1.54) is 10.4 Å². The Balaban J connectivity index is 1.82. The molecule has 0 aliphatic carbocycles. The third-order valence-electron chi connectivity index (χ3n) is 4.36. The van der Waals surface area contributed by atoms with E-state index in [0.717, 1.165) is 16.5 Å². The third kappa shape index (κ3) is 4.70. The molecule has 2 aromatic carbocycles. The lowest BCUT2D eigenvalue weighted by Crippen LogP contribution is -2.36. The van der Waals surface area contributed by atoms with Gasteiger partial charge in [-0.3, -0.25) is 9.03 Å². The molecule has 0 spiro atoms. The molecule has 0 atom stereocenters. The maximum atomic E-state index is 12.3. The Kier molecular flexibility index (Phi) is 5.57. The Bertz CT molecular complexity index is 1050. The summed E-state index contributed by atoms with van der Waals surface area (Å²) in [7, 11) is -7.01. The number of fused-ring (bicyclic) bond motifs is 1. The van der Waals surface area contributed by atoms with Crippen molar-refractivity contribution in [2.45, 2.75) is 19.8 Å². The lowest BCUT2D eigenvalue weighted by molar-refractivity contribution is 0.587. The van der Waals surface area contributed by atoms with E-state index < -0.39 is 20.0 Å². The summed E-state index contributed by atoms with van der Waals surface area (Å²) in [4.78, 5) is 0. The standard InChI is InChI=1S/C19H22N2O4S2/c1-2-27(24,25)21-13-6-9-17-15-18(10-11-19(17)21)20-26(22,23)14-12-16-7-4-3-5-8-16/h3-5,7-8,10-12,14-15,20H,2,6,9,13H2,1H3/b14-12+. The summed E-state index contributed by atoms with van der Waals surface area (Å²) in [6.45, 7) is 2.07. The van der Waals surface area contributed by atoms with Gasteiger partial charge in [-0.25, -0.2) is 16.8 Å². The number of nitrogens with zero attached hydrogens (tertiary/aromatic N) is 1. The zero-order valence-electron chi connectivity index (χ0n) is 15.0. The molecule has 0 amide bonds. The van der Waals surface area contributed by atoms with Crippen LogP contribution in [-0.4, -0.2) is 29.1 Å². The molecule has 8 heteroatoms. The van der Waals surface area contributed by atoms with Crippen molar-refractivity contribution in [1.82, 2.24) is 0 Å². The highest BCUT2D eigenvalue weighted by Crippen LogP contribution is 2.32. The second kappa shape index (κ2) is 7.74. The summed E-state index contributed by atoms with van der Waals surface area (Å²) < 4.78 is 53.1. The molecule has 0 saturated carbocycles. The predicted molar refractivity (Wildman–Crippen MR) is 110 cm³/mol. The number of aryl methyl sites for hydroxylation is 1. The molecule has 1 aliphatic rings. The van der Waals surface area contributed by atoms with Crippen molar-refractivity contribution in [2.75, 3.05) is 21.3 Å². The van der Waals surface area contributed by atoms with Crippen LogP contribution >= 0.6 is 0 Å². The smallest absolute Gasteiger partial charge is 0.255 e. The van der Waals surface area contributed by atoms with Crippen LogP contribution in [0.2, 0.25) is 0 Å². The molecule has 27 heavy (non-hydrogen) atoms. The highest BCUT2D eigenvalue weighted by molar-refractivity contribution is 7.95. The van der Waals surface area contributed by atoms with Gasteiger partial charge in [0, 0.05) is 12.2 Å². The zero-order chi connectivity index (χ0) is 19.5. The molecule has 0 bridgehead atoms. The summed E-state index contributed by atoms with van der Waals surface area (Å²) in [5.74, 6) is 0.0328. The Morgan fingerprint density at radius 1 is 1.07 bits per heavy atom. The van der Waals surface area contributed by atoms with Gasteiger partial charge in [-0.1, -0.05) is 30.3 Å². The van der Waals surface area contributed by atoms with E-state index in [1.54, 1.807) is 25.1 Å². The Labute approximate surface area is 160 Å². The molecule has 3 rings (SSSR count). The first-order chi connectivity index (χ1) is 12.8. The van der Waals surface area contributed by atoms with Crippen molar-refractivity contribution < 1.29 is 16.8 Å². The number of benzene rings is 2. The lowest BCUT2D eigenvalue weighted by atomic mass is 10.0. The zero-order valence-corrected chi connectivity index (χ0v) is 16.6. The summed E-state index contributed by atoms with van der Waals surface area (Å²) in [6, 6.07) is 14.1. The van der Waals surface area contributed by atoms with Gasteiger partial charge in [-0.2, -0.15) is 0 Å². The molecule has 1 heterocycles. The van der Waals surface area contributed by atoms with E-state index in [4.69, 9.17) is 0 Å². The second-order valence-corrected chi connectivity index (χ2v) is 10.0. The molecule has 0 saturated heterocycles. The Hall–Kier alpha value is -2.32. The van der Waals surface area contributed by atoms with Crippen molar-refractivity contribution in [3.63, 3.8) is 0 Å². The average Bonchev–Trinajstić information content (AvgIpc) is 2.66. The summed E-state index contributed by atoms with van der Waals surface area (Å²) in [6.07, 6.45) is 2.94. The van der Waals surface area contributed by atoms with Crippen LogP contribution in [0.15, 0.2) is 53.9 Å². The fourth-order valence-corrected chi connectivity index (χ4v) is 5.06. The van der Waals surface area contributed by atoms with Crippen LogP contribution in [0.1, 0.15) is 24.5 Å². The van der Waals surface area contributed by atoms with Crippen LogP contribution in [0, 0.1) is 0 Å². The van der Waals surface area contributed by atoms with Gasteiger partial charge in [0.05, 0.1) is 16.8 Å². The van der Waals surface area contributed by atoms with Crippen LogP contribution in [0.5, 0.6) is 0 Å². The molecular weight excluding hydrogens is 384 g/mol. The van der Waals surface area contributed by atoms with Gasteiger partial charge in [-0.05, 0) is 55.2 Å². The molecule has 6 nitrogen and oxygen atoms in total. The van der Waals surface area contributed by atoms with Crippen LogP contribution in [0.4, 0.5) is 11.4 Å². The fourth-order valence-electron chi connectivity index (χ4n) is 3.00. The van der Waals surface area contributed by atoms with Crippen LogP contribution in [0.3, 0.4) is 0 Å². The summed E-state index contributed by atoms with van der Waals surface area (Å²) >= 11 is 0. The van der Waals surface area contributed by atoms with Crippen molar-refractivity contribution in [3.8, 4) is 0 Å². The van der Waals surface area contributed by atoms with E-state index in [2.05, 4.69) is 4.72 Å². The average molecular weight is 407 g/mol. The Morgan fingerprint density at radius 2 is 1.81 bits per heavy atom. The largest absolute Gasteiger partial charge is 0.280 e. The maximum absolute atomic E-state index is 12.3. The highest BCUT2D eigenvalue weighted by Gasteiger charge is 2.26. The van der Waals surface area contributed by atoms with Crippen LogP contribution in [-0.2, 0) is 26.5 Å². The van der Waals surface area contributed by atoms with Crippen molar-refractivity contribution >= 4 is 37.5 Å². The molecule has 144 valence electrons. The second-order valence-electron chi connectivity index (χ2n) is 6.28. The van der Waals surface area contributed by atoms with Gasteiger partial charge in [-0.15, -0.1) is 0 Å². The van der Waals surface area contributed by atoms with Crippen LogP contribution in [0.25, 0.3) is 6.08 Å². The SMILES string of the molecule is CCS(=O)(=O)N1CCCc2cc(NS(=O)(=O)/C=C/c3ccccc3)ccc21. The van der Waals surface area contributed by atoms with Gasteiger partial charge in [0.25, 0.3) is 10.0 Å². The quantitative estimate of drug-likeness (QED) is 0.798. The van der Waals surface area contributed by atoms with E-state index in [9.17, 15) is 16.8 Å². The normalized spacial score (nSPS) is 14.9. The fraction of sp³-hybridized carbons (Fsp3) is 0.263. The van der Waals surface area contributed by atoms with E-state index in [1.807, 2.05) is 30.3 Å². The number of hydrogen-bond donors (Lipinski definition) is 1. The number of hydrogen-bond acceptors (Lipinski definition) is 4. The molecule has 1 aliphatic heterocycles. The number of anilines is 2. The van der Waals surface area contributed by atoms with Crippen molar-refractivity contribution in [2.24, 2.45) is 0 Å². The van der Waals surface area contributed by atoms with E-state index in [0.29, 0.717) is 30.8 Å². The number of nitrogens with one attached hydrogen (secondary N) is 1. The first kappa shape index (κ1) is 19.4. The summed E-state index contributed by atoms with van der Waals surface area (Å²) in [5, 5.41) is 1.12. The van der Waals surface area contributed by atoms with E-state index in [-0.39, 0.29) is 5.75 Å². The highest BCUT2D eigenvalue weighted by atomic mass is 32.2.